The number of carbonyl (C=O) groups is 1. The van der Waals surface area contributed by atoms with E-state index in [1.165, 1.54) is 54.1 Å². The van der Waals surface area contributed by atoms with Crippen molar-refractivity contribution in [1.82, 2.24) is 23.2 Å². The van der Waals surface area contributed by atoms with Gasteiger partial charge in [-0.3, -0.25) is 14.3 Å². The first kappa shape index (κ1) is 31.5. The first-order chi connectivity index (χ1) is 22.3. The molecule has 1 unspecified atom stereocenters. The number of nitrogens with zero attached hydrogens (tertiary/aromatic N) is 6. The fraction of sp³-hybridized carbons (Fsp3) is 0.382. The van der Waals surface area contributed by atoms with Crippen molar-refractivity contribution in [3.63, 3.8) is 0 Å². The van der Waals surface area contributed by atoms with Crippen LogP contribution < -0.4 is 10.4 Å². The molecule has 1 aromatic heterocycles. The molecule has 240 valence electrons. The molecule has 0 radical (unpaired) electrons. The van der Waals surface area contributed by atoms with Gasteiger partial charge in [0.15, 0.2) is 0 Å². The minimum Gasteiger partial charge on any atom is -0.497 e. The van der Waals surface area contributed by atoms with E-state index in [0.717, 1.165) is 49.5 Å². The summed E-state index contributed by atoms with van der Waals surface area (Å²) in [6, 6.07) is 20.2. The van der Waals surface area contributed by atoms with E-state index < -0.39 is 21.8 Å². The number of aromatic nitrogens is 2. The van der Waals surface area contributed by atoms with Gasteiger partial charge < -0.3 is 14.5 Å². The average Bonchev–Trinajstić information content (AvgIpc) is 3.69. The third-order valence-corrected chi connectivity index (χ3v) is 10.8. The van der Waals surface area contributed by atoms with Crippen LogP contribution in [-0.4, -0.2) is 96.5 Å². The Bertz CT molecular complexity index is 1920. The zero-order valence-corrected chi connectivity index (χ0v) is 26.9. The molecule has 1 amide bonds. The van der Waals surface area contributed by atoms with Crippen LogP contribution in [0.3, 0.4) is 0 Å². The van der Waals surface area contributed by atoms with Crippen LogP contribution in [0.2, 0.25) is 0 Å². The Morgan fingerprint density at radius 2 is 1.70 bits per heavy atom. The van der Waals surface area contributed by atoms with Gasteiger partial charge in [-0.15, -0.1) is 0 Å². The normalized spacial score (nSPS) is 18.5. The van der Waals surface area contributed by atoms with Crippen molar-refractivity contribution in [2.75, 3.05) is 52.9 Å². The molecular formula is C34H38N6O5S. The summed E-state index contributed by atoms with van der Waals surface area (Å²) in [5.41, 5.74) is 0.173. The van der Waals surface area contributed by atoms with Crippen molar-refractivity contribution in [1.29, 1.82) is 5.26 Å². The standard InChI is InChI=1S/C34H38N6O5S/c1-3-16-36-18-20-37(21-19-36)27-15-17-38(24-27)33(41)32(26-7-5-4-6-8-26)39-31-22-25(23-35)9-14-30(31)40(34(39)42)46(43,44)29-12-10-28(45-2)11-13-29/h4-14,22,27,32H,3,15-21,24H2,1-2H3/t27-,32?/m1/s1. The van der Waals surface area contributed by atoms with Gasteiger partial charge in [0.2, 0.25) is 0 Å². The number of rotatable bonds is 9. The molecule has 0 aliphatic carbocycles. The molecular weight excluding hydrogens is 604 g/mol. The Morgan fingerprint density at radius 1 is 0.978 bits per heavy atom. The van der Waals surface area contributed by atoms with Gasteiger partial charge in [-0.05, 0) is 67.4 Å². The van der Waals surface area contributed by atoms with E-state index in [2.05, 4.69) is 22.8 Å². The van der Waals surface area contributed by atoms with Crippen molar-refractivity contribution in [3.05, 3.63) is 94.4 Å². The predicted molar refractivity (Wildman–Crippen MR) is 174 cm³/mol. The average molecular weight is 643 g/mol. The number of imidazole rings is 1. The molecule has 2 aliphatic heterocycles. The van der Waals surface area contributed by atoms with Crippen LogP contribution in [0.4, 0.5) is 0 Å². The molecule has 3 aromatic carbocycles. The molecule has 46 heavy (non-hydrogen) atoms. The Kier molecular flexibility index (Phi) is 8.99. The topological polar surface area (TPSA) is 121 Å². The smallest absolute Gasteiger partial charge is 0.344 e. The summed E-state index contributed by atoms with van der Waals surface area (Å²) < 4.78 is 35.2. The van der Waals surface area contributed by atoms with E-state index >= 15 is 0 Å². The minimum absolute atomic E-state index is 0.0813. The number of methoxy groups -OCH3 is 1. The largest absolute Gasteiger partial charge is 0.497 e. The number of ether oxygens (including phenoxy) is 1. The van der Waals surface area contributed by atoms with E-state index in [-0.39, 0.29) is 33.4 Å². The van der Waals surface area contributed by atoms with Gasteiger partial charge in [-0.2, -0.15) is 9.23 Å². The highest BCUT2D eigenvalue weighted by Crippen LogP contribution is 2.30. The van der Waals surface area contributed by atoms with Gasteiger partial charge in [0.1, 0.15) is 11.8 Å². The molecule has 2 aliphatic rings. The van der Waals surface area contributed by atoms with Crippen LogP contribution in [0, 0.1) is 11.3 Å². The maximum Gasteiger partial charge on any atom is 0.344 e. The van der Waals surface area contributed by atoms with E-state index in [0.29, 0.717) is 24.4 Å². The lowest BCUT2D eigenvalue weighted by Gasteiger charge is -2.38. The fourth-order valence-electron chi connectivity index (χ4n) is 6.72. The highest BCUT2D eigenvalue weighted by Gasteiger charge is 2.38. The summed E-state index contributed by atoms with van der Waals surface area (Å²) in [6.07, 6.45) is 1.95. The first-order valence-corrected chi connectivity index (χ1v) is 17.1. The summed E-state index contributed by atoms with van der Waals surface area (Å²) >= 11 is 0. The molecule has 0 saturated carbocycles. The third-order valence-electron chi connectivity index (χ3n) is 9.11. The molecule has 12 heteroatoms. The van der Waals surface area contributed by atoms with E-state index in [9.17, 15) is 23.3 Å². The lowest BCUT2D eigenvalue weighted by Crippen LogP contribution is -2.51. The van der Waals surface area contributed by atoms with Crippen LogP contribution >= 0.6 is 0 Å². The summed E-state index contributed by atoms with van der Waals surface area (Å²) in [5.74, 6) is 0.178. The van der Waals surface area contributed by atoms with Crippen molar-refractivity contribution in [2.45, 2.75) is 36.7 Å². The molecule has 6 rings (SSSR count). The van der Waals surface area contributed by atoms with Crippen molar-refractivity contribution >= 4 is 27.0 Å². The Balaban J connectivity index is 1.42. The van der Waals surface area contributed by atoms with Crippen LogP contribution in [0.5, 0.6) is 5.75 Å². The highest BCUT2D eigenvalue weighted by molar-refractivity contribution is 7.90. The Hall–Kier alpha value is -4.44. The molecule has 0 spiro atoms. The molecule has 0 bridgehead atoms. The SMILES string of the molecule is CCCN1CCN([C@@H]2CCN(C(=O)C(c3ccccc3)n3c(=O)n(S(=O)(=O)c4ccc(OC)cc4)c4ccc(C#N)cc43)C2)CC1. The molecule has 11 nitrogen and oxygen atoms in total. The van der Waals surface area contributed by atoms with Gasteiger partial charge in [-0.1, -0.05) is 37.3 Å². The number of nitriles is 1. The number of amides is 1. The van der Waals surface area contributed by atoms with E-state index in [1.54, 1.807) is 29.2 Å². The van der Waals surface area contributed by atoms with Crippen molar-refractivity contribution in [2.24, 2.45) is 0 Å². The number of fused-ring (bicyclic) bond motifs is 1. The molecule has 3 heterocycles. The Labute approximate surface area is 268 Å². The number of hydrogen-bond donors (Lipinski definition) is 0. The second-order valence-corrected chi connectivity index (χ2v) is 13.6. The molecule has 2 atom stereocenters. The zero-order chi connectivity index (χ0) is 32.4. The van der Waals surface area contributed by atoms with Crippen LogP contribution in [0.25, 0.3) is 11.0 Å². The quantitative estimate of drug-likeness (QED) is 0.273. The maximum atomic E-state index is 14.6. The fourth-order valence-corrected chi connectivity index (χ4v) is 8.11. The monoisotopic (exact) mass is 642 g/mol. The summed E-state index contributed by atoms with van der Waals surface area (Å²) in [6.45, 7) is 8.23. The number of hydrogen-bond acceptors (Lipinski definition) is 8. The molecule has 4 aromatic rings. The second-order valence-electron chi connectivity index (χ2n) is 11.8. The van der Waals surface area contributed by atoms with Crippen LogP contribution in [0.15, 0.2) is 82.5 Å². The van der Waals surface area contributed by atoms with Gasteiger partial charge >= 0.3 is 5.69 Å². The van der Waals surface area contributed by atoms with Crippen molar-refractivity contribution < 1.29 is 17.9 Å². The second kappa shape index (κ2) is 13.1. The number of likely N-dealkylation sites (tertiary alicyclic amines) is 1. The lowest BCUT2D eigenvalue weighted by atomic mass is 10.0. The molecule has 0 N–H and O–H groups in total. The number of carbonyl (C=O) groups excluding carboxylic acids is 1. The number of piperazine rings is 1. The number of benzene rings is 3. The molecule has 2 saturated heterocycles. The maximum absolute atomic E-state index is 14.6. The minimum atomic E-state index is -4.40. The predicted octanol–water partition coefficient (Wildman–Crippen LogP) is 3.14. The van der Waals surface area contributed by atoms with Gasteiger partial charge in [-0.25, -0.2) is 13.2 Å². The van der Waals surface area contributed by atoms with Crippen LogP contribution in [0.1, 0.15) is 36.9 Å². The summed E-state index contributed by atoms with van der Waals surface area (Å²) in [7, 11) is -2.93. The summed E-state index contributed by atoms with van der Waals surface area (Å²) in [5, 5.41) is 9.73. The lowest BCUT2D eigenvalue weighted by molar-refractivity contribution is -0.132. The van der Waals surface area contributed by atoms with Crippen LogP contribution in [-0.2, 0) is 14.8 Å². The summed E-state index contributed by atoms with van der Waals surface area (Å²) in [4.78, 5) is 35.6. The zero-order valence-electron chi connectivity index (χ0n) is 26.1. The Morgan fingerprint density at radius 3 is 2.35 bits per heavy atom. The van der Waals surface area contributed by atoms with Gasteiger partial charge in [0, 0.05) is 45.3 Å². The van der Waals surface area contributed by atoms with E-state index in [4.69, 9.17) is 4.74 Å². The van der Waals surface area contributed by atoms with Gasteiger partial charge in [0.05, 0.1) is 34.7 Å². The van der Waals surface area contributed by atoms with E-state index in [1.807, 2.05) is 6.07 Å². The molecule has 2 fully saturated rings. The third kappa shape index (κ3) is 5.82. The first-order valence-electron chi connectivity index (χ1n) is 15.6. The highest BCUT2D eigenvalue weighted by atomic mass is 32.2. The van der Waals surface area contributed by atoms with Crippen molar-refractivity contribution in [3.8, 4) is 11.8 Å². The van der Waals surface area contributed by atoms with Gasteiger partial charge in [0.25, 0.3) is 15.9 Å².